The quantitative estimate of drug-likeness (QED) is 0.582. The van der Waals surface area contributed by atoms with Crippen LogP contribution in [0.1, 0.15) is 55.8 Å². The van der Waals surface area contributed by atoms with Crippen LogP contribution in [0.3, 0.4) is 0 Å². The Morgan fingerprint density at radius 1 is 1.07 bits per heavy atom. The zero-order valence-electron chi connectivity index (χ0n) is 15.0. The zero-order chi connectivity index (χ0) is 20.0. The van der Waals surface area contributed by atoms with Gasteiger partial charge < -0.3 is 10.1 Å². The van der Waals surface area contributed by atoms with Crippen LogP contribution in [0.4, 0.5) is 8.78 Å². The van der Waals surface area contributed by atoms with Crippen molar-refractivity contribution in [2.24, 2.45) is 0 Å². The molecule has 1 aliphatic carbocycles. The molecule has 9 heteroatoms. The topological polar surface area (TPSA) is 89.5 Å². The van der Waals surface area contributed by atoms with Gasteiger partial charge in [0.05, 0.1) is 10.5 Å². The molecule has 2 rings (SSSR count). The molecule has 1 N–H and O–H groups in total. The standard InChI is InChI=1S/C18H23F2NO5S/c1-12(16(22)21-14-6-4-2-3-5-7-14)26-17(23)13-8-10-15(11-9-13)27(24,25)18(19)20/h8-12,14,18H,2-7H2,1H3,(H,21,22)/t12-/m0/s1. The van der Waals surface area contributed by atoms with E-state index in [-0.39, 0.29) is 11.6 Å². The molecule has 0 spiro atoms. The van der Waals surface area contributed by atoms with Gasteiger partial charge in [-0.05, 0) is 44.0 Å². The predicted octanol–water partition coefficient (Wildman–Crippen LogP) is 3.07. The van der Waals surface area contributed by atoms with Crippen LogP contribution in [-0.2, 0) is 19.4 Å². The first kappa shape index (κ1) is 21.3. The predicted molar refractivity (Wildman–Crippen MR) is 94.1 cm³/mol. The molecule has 0 bridgehead atoms. The van der Waals surface area contributed by atoms with Gasteiger partial charge >= 0.3 is 11.7 Å². The summed E-state index contributed by atoms with van der Waals surface area (Å²) in [5.41, 5.74) is -0.0302. The molecule has 1 saturated carbocycles. The van der Waals surface area contributed by atoms with Gasteiger partial charge in [0, 0.05) is 6.04 Å². The lowest BCUT2D eigenvalue weighted by Crippen LogP contribution is -2.41. The van der Waals surface area contributed by atoms with Gasteiger partial charge in [-0.3, -0.25) is 4.79 Å². The minimum atomic E-state index is -4.72. The van der Waals surface area contributed by atoms with Crippen molar-refractivity contribution in [3.63, 3.8) is 0 Å². The smallest absolute Gasteiger partial charge is 0.341 e. The first-order chi connectivity index (χ1) is 12.7. The summed E-state index contributed by atoms with van der Waals surface area (Å²) in [4.78, 5) is 23.7. The maximum absolute atomic E-state index is 12.5. The van der Waals surface area contributed by atoms with Crippen LogP contribution < -0.4 is 5.32 Å². The summed E-state index contributed by atoms with van der Waals surface area (Å²) < 4.78 is 52.9. The number of esters is 1. The second-order valence-corrected chi connectivity index (χ2v) is 8.49. The molecular weight excluding hydrogens is 380 g/mol. The molecule has 150 valence electrons. The van der Waals surface area contributed by atoms with Gasteiger partial charge in [0.15, 0.2) is 6.10 Å². The number of alkyl halides is 2. The molecular formula is C18H23F2NO5S. The maximum atomic E-state index is 12.5. The Balaban J connectivity index is 1.94. The van der Waals surface area contributed by atoms with E-state index < -0.39 is 38.5 Å². The summed E-state index contributed by atoms with van der Waals surface area (Å²) in [6.07, 6.45) is 5.16. The van der Waals surface area contributed by atoms with Crippen LogP contribution >= 0.6 is 0 Å². The summed E-state index contributed by atoms with van der Waals surface area (Å²) in [5, 5.41) is 2.88. The fourth-order valence-corrected chi connectivity index (χ4v) is 3.63. The van der Waals surface area contributed by atoms with Crippen molar-refractivity contribution in [2.75, 3.05) is 0 Å². The number of nitrogens with one attached hydrogen (secondary N) is 1. The van der Waals surface area contributed by atoms with Crippen LogP contribution in [0, 0.1) is 0 Å². The number of sulfone groups is 1. The largest absolute Gasteiger partial charge is 0.449 e. The minimum absolute atomic E-state index is 0.0302. The lowest BCUT2D eigenvalue weighted by molar-refractivity contribution is -0.129. The normalized spacial score (nSPS) is 17.2. The van der Waals surface area contributed by atoms with E-state index in [0.29, 0.717) is 0 Å². The maximum Gasteiger partial charge on any atom is 0.341 e. The molecule has 1 aromatic rings. The van der Waals surface area contributed by atoms with E-state index in [9.17, 15) is 26.8 Å². The van der Waals surface area contributed by atoms with Gasteiger partial charge in [-0.1, -0.05) is 25.7 Å². The number of rotatable bonds is 6. The fraction of sp³-hybridized carbons (Fsp3) is 0.556. The second-order valence-electron chi connectivity index (χ2n) is 6.57. The highest BCUT2D eigenvalue weighted by Gasteiger charge is 2.27. The average Bonchev–Trinajstić information content (AvgIpc) is 2.90. The van der Waals surface area contributed by atoms with Crippen LogP contribution in [0.5, 0.6) is 0 Å². The molecule has 0 unspecified atom stereocenters. The molecule has 0 saturated heterocycles. The first-order valence-corrected chi connectivity index (χ1v) is 10.4. The first-order valence-electron chi connectivity index (χ1n) is 8.85. The van der Waals surface area contributed by atoms with Crippen molar-refractivity contribution in [3.05, 3.63) is 29.8 Å². The van der Waals surface area contributed by atoms with E-state index in [1.54, 1.807) is 0 Å². The molecule has 0 aromatic heterocycles. The number of ether oxygens (including phenoxy) is 1. The molecule has 1 aromatic carbocycles. The van der Waals surface area contributed by atoms with Crippen molar-refractivity contribution in [2.45, 2.75) is 68.2 Å². The lowest BCUT2D eigenvalue weighted by atomic mass is 10.1. The number of halogens is 2. The van der Waals surface area contributed by atoms with E-state index in [1.165, 1.54) is 6.92 Å². The Hall–Kier alpha value is -2.03. The summed E-state index contributed by atoms with van der Waals surface area (Å²) in [6.45, 7) is 1.44. The highest BCUT2D eigenvalue weighted by atomic mass is 32.2. The Bertz CT molecular complexity index is 756. The van der Waals surface area contributed by atoms with Crippen LogP contribution in [0.25, 0.3) is 0 Å². The van der Waals surface area contributed by atoms with Gasteiger partial charge in [-0.15, -0.1) is 0 Å². The highest BCUT2D eigenvalue weighted by molar-refractivity contribution is 7.91. The molecule has 1 amide bonds. The highest BCUT2D eigenvalue weighted by Crippen LogP contribution is 2.20. The summed E-state index contributed by atoms with van der Waals surface area (Å²) in [6, 6.07) is 4.05. The summed E-state index contributed by atoms with van der Waals surface area (Å²) in [5.74, 6) is -4.77. The number of amides is 1. The average molecular weight is 403 g/mol. The lowest BCUT2D eigenvalue weighted by Gasteiger charge is -2.19. The molecule has 1 fully saturated rings. The number of carbonyl (C=O) groups is 2. The van der Waals surface area contributed by atoms with Crippen LogP contribution in [0.2, 0.25) is 0 Å². The molecule has 1 atom stereocenters. The molecule has 6 nitrogen and oxygen atoms in total. The molecule has 0 aliphatic heterocycles. The number of hydrogen-bond donors (Lipinski definition) is 1. The third-order valence-electron chi connectivity index (χ3n) is 4.51. The summed E-state index contributed by atoms with van der Waals surface area (Å²) >= 11 is 0. The van der Waals surface area contributed by atoms with Crippen LogP contribution in [-0.4, -0.2) is 38.2 Å². The molecule has 1 aliphatic rings. The number of benzene rings is 1. The van der Waals surface area contributed by atoms with Gasteiger partial charge in [0.1, 0.15) is 0 Å². The molecule has 0 radical (unpaired) electrons. The van der Waals surface area contributed by atoms with Gasteiger partial charge in [-0.2, -0.15) is 8.78 Å². The van der Waals surface area contributed by atoms with Crippen molar-refractivity contribution < 1.29 is 31.5 Å². The van der Waals surface area contributed by atoms with Gasteiger partial charge in [0.25, 0.3) is 5.91 Å². The number of carbonyl (C=O) groups excluding carboxylic acids is 2. The van der Waals surface area contributed by atoms with E-state index in [4.69, 9.17) is 4.74 Å². The van der Waals surface area contributed by atoms with E-state index >= 15 is 0 Å². The van der Waals surface area contributed by atoms with Gasteiger partial charge in [0.2, 0.25) is 9.84 Å². The Labute approximate surface area is 157 Å². The van der Waals surface area contributed by atoms with Crippen molar-refractivity contribution in [1.82, 2.24) is 5.32 Å². The van der Waals surface area contributed by atoms with Gasteiger partial charge in [-0.25, -0.2) is 13.2 Å². The SMILES string of the molecule is C[C@H](OC(=O)c1ccc(S(=O)(=O)C(F)F)cc1)C(=O)NC1CCCCCC1. The Morgan fingerprint density at radius 3 is 2.15 bits per heavy atom. The van der Waals surface area contributed by atoms with Crippen molar-refractivity contribution in [1.29, 1.82) is 0 Å². The Kier molecular flexibility index (Phi) is 7.29. The molecule has 0 heterocycles. The van der Waals surface area contributed by atoms with E-state index in [1.807, 2.05) is 0 Å². The number of hydrogen-bond acceptors (Lipinski definition) is 5. The summed E-state index contributed by atoms with van der Waals surface area (Å²) in [7, 11) is -4.72. The minimum Gasteiger partial charge on any atom is -0.449 e. The van der Waals surface area contributed by atoms with Crippen molar-refractivity contribution in [3.8, 4) is 0 Å². The van der Waals surface area contributed by atoms with E-state index in [0.717, 1.165) is 62.8 Å². The monoisotopic (exact) mass is 403 g/mol. The molecule has 27 heavy (non-hydrogen) atoms. The third kappa shape index (κ3) is 5.72. The zero-order valence-corrected chi connectivity index (χ0v) is 15.8. The second kappa shape index (κ2) is 9.25. The third-order valence-corrected chi connectivity index (χ3v) is 5.91. The van der Waals surface area contributed by atoms with Crippen LogP contribution in [0.15, 0.2) is 29.2 Å². The van der Waals surface area contributed by atoms with E-state index in [2.05, 4.69) is 5.32 Å². The fourth-order valence-electron chi connectivity index (χ4n) is 2.91. The Morgan fingerprint density at radius 2 is 1.63 bits per heavy atom. The van der Waals surface area contributed by atoms with Crippen molar-refractivity contribution >= 4 is 21.7 Å².